The zero-order valence-corrected chi connectivity index (χ0v) is 10.4. The minimum Gasteiger partial charge on any atom is -0.465 e. The van der Waals surface area contributed by atoms with Crippen LogP contribution in [0.4, 0.5) is 0 Å². The van der Waals surface area contributed by atoms with E-state index in [9.17, 15) is 4.79 Å². The molecule has 0 fully saturated rings. The van der Waals surface area contributed by atoms with Gasteiger partial charge in [0.2, 0.25) is 0 Å². The highest BCUT2D eigenvalue weighted by Gasteiger charge is 2.19. The third-order valence-corrected chi connectivity index (χ3v) is 2.70. The van der Waals surface area contributed by atoms with Crippen molar-refractivity contribution in [1.82, 2.24) is 4.57 Å². The van der Waals surface area contributed by atoms with Crippen LogP contribution < -0.4 is 0 Å². The number of hydrogen-bond donors (Lipinski definition) is 0. The lowest BCUT2D eigenvalue weighted by atomic mass is 10.1. The molecule has 3 nitrogen and oxygen atoms in total. The van der Waals surface area contributed by atoms with Gasteiger partial charge in [-0.2, -0.15) is 0 Å². The molecular formula is C13H21NO2. The van der Waals surface area contributed by atoms with Crippen molar-refractivity contribution >= 4 is 5.97 Å². The second-order valence-electron chi connectivity index (χ2n) is 3.95. The molecule has 0 spiro atoms. The number of carbonyl (C=O) groups is 1. The molecule has 90 valence electrons. The van der Waals surface area contributed by atoms with E-state index in [4.69, 9.17) is 4.74 Å². The predicted octanol–water partition coefficient (Wildman–Crippen LogP) is 2.95. The van der Waals surface area contributed by atoms with Crippen LogP contribution >= 0.6 is 0 Å². The Hall–Kier alpha value is -1.25. The Bertz CT molecular complexity index is 330. The fourth-order valence-electron chi connectivity index (χ4n) is 1.74. The summed E-state index contributed by atoms with van der Waals surface area (Å²) in [5.41, 5.74) is 1.05. The van der Waals surface area contributed by atoms with E-state index in [2.05, 4.69) is 11.5 Å². The summed E-state index contributed by atoms with van der Waals surface area (Å²) < 4.78 is 7.18. The fourth-order valence-corrected chi connectivity index (χ4v) is 1.74. The molecule has 0 saturated carbocycles. The topological polar surface area (TPSA) is 31.2 Å². The van der Waals surface area contributed by atoms with E-state index in [1.807, 2.05) is 32.2 Å². The average Bonchev–Trinajstić information content (AvgIpc) is 2.73. The van der Waals surface area contributed by atoms with Crippen molar-refractivity contribution in [3.63, 3.8) is 0 Å². The molecule has 1 aromatic heterocycles. The standard InChI is InChI=1S/C13H21NO2/c1-4-6-9-14-10-7-8-12(14)11(3)13(15)16-5-2/h7-8,10-11H,4-6,9H2,1-3H3. The van der Waals surface area contributed by atoms with Gasteiger partial charge in [-0.25, -0.2) is 0 Å². The maximum Gasteiger partial charge on any atom is 0.314 e. The van der Waals surface area contributed by atoms with Crippen LogP contribution in [0.25, 0.3) is 0 Å². The van der Waals surface area contributed by atoms with Crippen LogP contribution in [-0.4, -0.2) is 17.1 Å². The molecule has 1 unspecified atom stereocenters. The molecule has 0 saturated heterocycles. The van der Waals surface area contributed by atoms with Gasteiger partial charge in [0.1, 0.15) is 0 Å². The van der Waals surface area contributed by atoms with E-state index in [1.165, 1.54) is 0 Å². The summed E-state index contributed by atoms with van der Waals surface area (Å²) >= 11 is 0. The number of rotatable bonds is 6. The van der Waals surface area contributed by atoms with Crippen molar-refractivity contribution < 1.29 is 9.53 Å². The zero-order valence-electron chi connectivity index (χ0n) is 10.4. The summed E-state index contributed by atoms with van der Waals surface area (Å²) in [6.45, 7) is 7.32. The first-order valence-corrected chi connectivity index (χ1v) is 6.02. The van der Waals surface area contributed by atoms with Gasteiger partial charge in [0.25, 0.3) is 0 Å². The molecule has 0 aliphatic rings. The van der Waals surface area contributed by atoms with Gasteiger partial charge < -0.3 is 9.30 Å². The number of carbonyl (C=O) groups excluding carboxylic acids is 1. The van der Waals surface area contributed by atoms with E-state index in [1.54, 1.807) is 0 Å². The number of hydrogen-bond acceptors (Lipinski definition) is 2. The highest BCUT2D eigenvalue weighted by atomic mass is 16.5. The molecule has 0 radical (unpaired) electrons. The van der Waals surface area contributed by atoms with Crippen LogP contribution in [0.15, 0.2) is 18.3 Å². The van der Waals surface area contributed by atoms with Crippen molar-refractivity contribution in [2.75, 3.05) is 6.61 Å². The summed E-state index contributed by atoms with van der Waals surface area (Å²) in [6, 6.07) is 3.98. The third kappa shape index (κ3) is 3.12. The molecule has 1 atom stereocenters. The minimum absolute atomic E-state index is 0.140. The molecule has 0 bridgehead atoms. The summed E-state index contributed by atoms with van der Waals surface area (Å²) in [5.74, 6) is -0.314. The zero-order chi connectivity index (χ0) is 12.0. The van der Waals surface area contributed by atoms with Crippen LogP contribution in [-0.2, 0) is 16.1 Å². The van der Waals surface area contributed by atoms with Crippen LogP contribution in [0, 0.1) is 0 Å². The number of nitrogens with zero attached hydrogens (tertiary/aromatic N) is 1. The van der Waals surface area contributed by atoms with Crippen LogP contribution in [0.2, 0.25) is 0 Å². The van der Waals surface area contributed by atoms with E-state index in [0.29, 0.717) is 6.61 Å². The molecule has 1 rings (SSSR count). The molecule has 0 aromatic carbocycles. The maximum absolute atomic E-state index is 11.6. The smallest absolute Gasteiger partial charge is 0.314 e. The van der Waals surface area contributed by atoms with Crippen molar-refractivity contribution in [3.05, 3.63) is 24.0 Å². The normalized spacial score (nSPS) is 12.4. The van der Waals surface area contributed by atoms with E-state index in [0.717, 1.165) is 25.1 Å². The largest absolute Gasteiger partial charge is 0.465 e. The van der Waals surface area contributed by atoms with Crippen LogP contribution in [0.5, 0.6) is 0 Å². The quantitative estimate of drug-likeness (QED) is 0.694. The Morgan fingerprint density at radius 3 is 2.88 bits per heavy atom. The average molecular weight is 223 g/mol. The SMILES string of the molecule is CCCCn1cccc1C(C)C(=O)OCC. The first kappa shape index (κ1) is 12.8. The van der Waals surface area contributed by atoms with E-state index < -0.39 is 0 Å². The Labute approximate surface area is 97.4 Å². The first-order valence-electron chi connectivity index (χ1n) is 6.02. The number of ether oxygens (including phenoxy) is 1. The van der Waals surface area contributed by atoms with Crippen LogP contribution in [0.3, 0.4) is 0 Å². The maximum atomic E-state index is 11.6. The molecule has 0 N–H and O–H groups in total. The van der Waals surface area contributed by atoms with Gasteiger partial charge >= 0.3 is 5.97 Å². The summed E-state index contributed by atoms with van der Waals surface area (Å²) in [5, 5.41) is 0. The Morgan fingerprint density at radius 2 is 2.25 bits per heavy atom. The summed E-state index contributed by atoms with van der Waals surface area (Å²) in [4.78, 5) is 11.6. The lowest BCUT2D eigenvalue weighted by Gasteiger charge is -2.14. The van der Waals surface area contributed by atoms with Gasteiger partial charge in [-0.3, -0.25) is 4.79 Å². The molecule has 0 aliphatic carbocycles. The van der Waals surface area contributed by atoms with Gasteiger partial charge in [-0.15, -0.1) is 0 Å². The lowest BCUT2D eigenvalue weighted by Crippen LogP contribution is -2.16. The second-order valence-corrected chi connectivity index (χ2v) is 3.95. The second kappa shape index (κ2) is 6.36. The summed E-state index contributed by atoms with van der Waals surface area (Å²) in [7, 11) is 0. The van der Waals surface area contributed by atoms with Crippen molar-refractivity contribution in [2.45, 2.75) is 46.1 Å². The minimum atomic E-state index is -0.174. The van der Waals surface area contributed by atoms with Gasteiger partial charge in [0.15, 0.2) is 0 Å². The molecule has 16 heavy (non-hydrogen) atoms. The van der Waals surface area contributed by atoms with E-state index in [-0.39, 0.29) is 11.9 Å². The number of unbranched alkanes of at least 4 members (excludes halogenated alkanes) is 1. The third-order valence-electron chi connectivity index (χ3n) is 2.70. The Morgan fingerprint density at radius 1 is 1.50 bits per heavy atom. The van der Waals surface area contributed by atoms with Crippen molar-refractivity contribution in [3.8, 4) is 0 Å². The predicted molar refractivity (Wildman–Crippen MR) is 64.4 cm³/mol. The van der Waals surface area contributed by atoms with Crippen molar-refractivity contribution in [1.29, 1.82) is 0 Å². The molecule has 0 amide bonds. The molecule has 1 heterocycles. The Kier molecular flexibility index (Phi) is 5.09. The van der Waals surface area contributed by atoms with E-state index >= 15 is 0 Å². The number of aromatic nitrogens is 1. The highest BCUT2D eigenvalue weighted by molar-refractivity contribution is 5.77. The van der Waals surface area contributed by atoms with Crippen molar-refractivity contribution in [2.24, 2.45) is 0 Å². The summed E-state index contributed by atoms with van der Waals surface area (Å²) in [6.07, 6.45) is 4.32. The van der Waals surface area contributed by atoms with Gasteiger partial charge in [0.05, 0.1) is 12.5 Å². The van der Waals surface area contributed by atoms with Gasteiger partial charge in [0, 0.05) is 18.4 Å². The number of aryl methyl sites for hydroxylation is 1. The van der Waals surface area contributed by atoms with Gasteiger partial charge in [-0.1, -0.05) is 13.3 Å². The monoisotopic (exact) mass is 223 g/mol. The number of esters is 1. The molecule has 0 aliphatic heterocycles. The van der Waals surface area contributed by atoms with Gasteiger partial charge in [-0.05, 0) is 32.4 Å². The Balaban J connectivity index is 2.70. The van der Waals surface area contributed by atoms with Crippen LogP contribution in [0.1, 0.15) is 45.2 Å². The first-order chi connectivity index (χ1) is 7.70. The molecule has 1 aromatic rings. The highest BCUT2D eigenvalue weighted by Crippen LogP contribution is 2.18. The lowest BCUT2D eigenvalue weighted by molar-refractivity contribution is -0.144. The molecular weight excluding hydrogens is 202 g/mol. The fraction of sp³-hybridized carbons (Fsp3) is 0.615. The molecule has 3 heteroatoms.